The van der Waals surface area contributed by atoms with E-state index in [1.54, 1.807) is 13.3 Å². The van der Waals surface area contributed by atoms with Gasteiger partial charge in [0, 0.05) is 23.7 Å². The van der Waals surface area contributed by atoms with Crippen molar-refractivity contribution in [1.29, 1.82) is 0 Å². The van der Waals surface area contributed by atoms with Gasteiger partial charge in [0.15, 0.2) is 6.29 Å². The molecule has 0 saturated carbocycles. The number of aromatic nitrogens is 1. The van der Waals surface area contributed by atoms with E-state index in [9.17, 15) is 0 Å². The lowest BCUT2D eigenvalue weighted by Gasteiger charge is -2.30. The predicted octanol–water partition coefficient (Wildman–Crippen LogP) is 4.28. The summed E-state index contributed by atoms with van der Waals surface area (Å²) >= 11 is 0. The van der Waals surface area contributed by atoms with Crippen molar-refractivity contribution in [2.24, 2.45) is 0 Å². The van der Waals surface area contributed by atoms with Crippen LogP contribution in [0.4, 0.5) is 0 Å². The number of ether oxygens (including phenoxy) is 3. The molecule has 1 aromatic heterocycles. The Morgan fingerprint density at radius 1 is 1.04 bits per heavy atom. The topological polar surface area (TPSA) is 40.6 Å². The molecule has 0 unspecified atom stereocenters. The molecule has 0 spiro atoms. The molecule has 2 heterocycles. The molecule has 0 N–H and O–H groups in total. The Kier molecular flexibility index (Phi) is 4.37. The first-order valence-corrected chi connectivity index (χ1v) is 8.25. The van der Waals surface area contributed by atoms with Crippen LogP contribution in [0, 0.1) is 0 Å². The largest absolute Gasteiger partial charge is 0.481 e. The Hall–Kier alpha value is -1.91. The first-order chi connectivity index (χ1) is 11.3. The third kappa shape index (κ3) is 3.17. The van der Waals surface area contributed by atoms with Crippen LogP contribution in [-0.2, 0) is 15.9 Å². The molecule has 128 valence electrons. The Morgan fingerprint density at radius 2 is 1.67 bits per heavy atom. The van der Waals surface area contributed by atoms with Crippen LogP contribution < -0.4 is 4.74 Å². The van der Waals surface area contributed by atoms with Crippen molar-refractivity contribution in [3.8, 4) is 5.88 Å². The smallest absolute Gasteiger partial charge is 0.216 e. The van der Waals surface area contributed by atoms with E-state index in [0.717, 1.165) is 17.5 Å². The van der Waals surface area contributed by atoms with E-state index in [2.05, 4.69) is 50.9 Å². The van der Waals surface area contributed by atoms with E-state index in [-0.39, 0.29) is 11.2 Å². The Labute approximate surface area is 143 Å². The summed E-state index contributed by atoms with van der Waals surface area (Å²) < 4.78 is 17.7. The lowest BCUT2D eigenvalue weighted by atomic mass is 9.90. The zero-order valence-corrected chi connectivity index (χ0v) is 15.0. The molecule has 1 aliphatic rings. The van der Waals surface area contributed by atoms with E-state index in [1.807, 2.05) is 18.2 Å². The van der Waals surface area contributed by atoms with Crippen LogP contribution in [0.3, 0.4) is 0 Å². The fraction of sp³-hybridized carbons (Fsp3) is 0.450. The number of rotatable bonds is 4. The molecule has 0 aliphatic carbocycles. The van der Waals surface area contributed by atoms with Gasteiger partial charge in [0.25, 0.3) is 0 Å². The van der Waals surface area contributed by atoms with E-state index in [0.29, 0.717) is 5.88 Å². The number of methoxy groups -OCH3 is 1. The van der Waals surface area contributed by atoms with Crippen molar-refractivity contribution in [3.63, 3.8) is 0 Å². The second kappa shape index (κ2) is 6.19. The summed E-state index contributed by atoms with van der Waals surface area (Å²) in [5.74, 6) is 0.638. The quantitative estimate of drug-likeness (QED) is 0.840. The van der Waals surface area contributed by atoms with Gasteiger partial charge in [0.05, 0.1) is 18.3 Å². The first kappa shape index (κ1) is 16.9. The Bertz CT molecular complexity index is 694. The van der Waals surface area contributed by atoms with Crippen LogP contribution in [0.2, 0.25) is 0 Å². The highest BCUT2D eigenvalue weighted by molar-refractivity contribution is 5.35. The second-order valence-corrected chi connectivity index (χ2v) is 7.19. The molecule has 0 bridgehead atoms. The van der Waals surface area contributed by atoms with E-state index in [4.69, 9.17) is 14.2 Å². The molecule has 0 amide bonds. The molecule has 1 aromatic carbocycles. The van der Waals surface area contributed by atoms with Crippen molar-refractivity contribution < 1.29 is 14.2 Å². The van der Waals surface area contributed by atoms with E-state index in [1.165, 1.54) is 5.56 Å². The fourth-order valence-corrected chi connectivity index (χ4v) is 2.75. The summed E-state index contributed by atoms with van der Waals surface area (Å²) in [7, 11) is 1.64. The molecule has 4 heteroatoms. The molecule has 24 heavy (non-hydrogen) atoms. The Balaban J connectivity index is 1.90. The van der Waals surface area contributed by atoms with Crippen LogP contribution in [-0.4, -0.2) is 23.3 Å². The van der Waals surface area contributed by atoms with Crippen molar-refractivity contribution in [1.82, 2.24) is 4.98 Å². The SMILES string of the molecule is COc1ncc(C2OC(C)(C)C(C)(C)O2)cc1Cc1ccccc1. The van der Waals surface area contributed by atoms with Gasteiger partial charge in [-0.05, 0) is 39.3 Å². The van der Waals surface area contributed by atoms with Crippen LogP contribution in [0.1, 0.15) is 50.7 Å². The highest BCUT2D eigenvalue weighted by Gasteiger charge is 2.49. The minimum Gasteiger partial charge on any atom is -0.481 e. The molecular weight excluding hydrogens is 302 g/mol. The van der Waals surface area contributed by atoms with Crippen molar-refractivity contribution in [2.75, 3.05) is 7.11 Å². The lowest BCUT2D eigenvalue weighted by molar-refractivity contribution is -0.0898. The van der Waals surface area contributed by atoms with Gasteiger partial charge >= 0.3 is 0 Å². The normalized spacial score (nSPS) is 19.4. The number of pyridine rings is 1. The standard InChI is InChI=1S/C20H25NO3/c1-19(2)20(3,4)24-18(23-19)16-12-15(17(22-5)21-13-16)11-14-9-7-6-8-10-14/h6-10,12-13,18H,11H2,1-5H3. The maximum absolute atomic E-state index is 6.13. The molecule has 2 aromatic rings. The van der Waals surface area contributed by atoms with E-state index < -0.39 is 6.29 Å². The zero-order valence-electron chi connectivity index (χ0n) is 15.0. The summed E-state index contributed by atoms with van der Waals surface area (Å²) in [6.07, 6.45) is 2.11. The summed E-state index contributed by atoms with van der Waals surface area (Å²) in [4.78, 5) is 4.45. The average Bonchev–Trinajstić information content (AvgIpc) is 2.76. The first-order valence-electron chi connectivity index (χ1n) is 8.25. The molecular formula is C20H25NO3. The minimum atomic E-state index is -0.414. The maximum Gasteiger partial charge on any atom is 0.216 e. The van der Waals surface area contributed by atoms with Gasteiger partial charge in [0.1, 0.15) is 0 Å². The number of hydrogen-bond donors (Lipinski definition) is 0. The molecule has 1 fully saturated rings. The molecule has 0 radical (unpaired) electrons. The highest BCUT2D eigenvalue weighted by Crippen LogP contribution is 2.45. The fourth-order valence-electron chi connectivity index (χ4n) is 2.75. The summed E-state index contributed by atoms with van der Waals surface area (Å²) in [5.41, 5.74) is 2.42. The summed E-state index contributed by atoms with van der Waals surface area (Å²) in [6.45, 7) is 8.20. The number of benzene rings is 1. The Morgan fingerprint density at radius 3 is 2.25 bits per heavy atom. The third-order valence-corrected chi connectivity index (χ3v) is 4.90. The lowest BCUT2D eigenvalue weighted by Crippen LogP contribution is -2.41. The van der Waals surface area contributed by atoms with Crippen molar-refractivity contribution in [2.45, 2.75) is 51.6 Å². The summed E-state index contributed by atoms with van der Waals surface area (Å²) in [5, 5.41) is 0. The van der Waals surface area contributed by atoms with Gasteiger partial charge in [-0.2, -0.15) is 0 Å². The molecule has 3 rings (SSSR count). The van der Waals surface area contributed by atoms with Gasteiger partial charge in [-0.25, -0.2) is 4.98 Å². The third-order valence-electron chi connectivity index (χ3n) is 4.90. The van der Waals surface area contributed by atoms with Gasteiger partial charge in [-0.1, -0.05) is 30.3 Å². The van der Waals surface area contributed by atoms with Crippen LogP contribution >= 0.6 is 0 Å². The van der Waals surface area contributed by atoms with Crippen LogP contribution in [0.5, 0.6) is 5.88 Å². The van der Waals surface area contributed by atoms with Crippen molar-refractivity contribution >= 4 is 0 Å². The number of hydrogen-bond acceptors (Lipinski definition) is 4. The van der Waals surface area contributed by atoms with Gasteiger partial charge in [-0.3, -0.25) is 0 Å². The molecule has 1 saturated heterocycles. The minimum absolute atomic E-state index is 0.364. The zero-order chi connectivity index (χ0) is 17.4. The number of nitrogens with zero attached hydrogens (tertiary/aromatic N) is 1. The van der Waals surface area contributed by atoms with Gasteiger partial charge < -0.3 is 14.2 Å². The van der Waals surface area contributed by atoms with Crippen LogP contribution in [0.15, 0.2) is 42.6 Å². The predicted molar refractivity (Wildman–Crippen MR) is 93.1 cm³/mol. The van der Waals surface area contributed by atoms with Gasteiger partial charge in [-0.15, -0.1) is 0 Å². The average molecular weight is 327 g/mol. The van der Waals surface area contributed by atoms with Gasteiger partial charge in [0.2, 0.25) is 5.88 Å². The molecule has 1 aliphatic heterocycles. The van der Waals surface area contributed by atoms with E-state index >= 15 is 0 Å². The monoisotopic (exact) mass is 327 g/mol. The highest BCUT2D eigenvalue weighted by atomic mass is 16.7. The van der Waals surface area contributed by atoms with Crippen molar-refractivity contribution in [3.05, 3.63) is 59.3 Å². The molecule has 4 nitrogen and oxygen atoms in total. The van der Waals surface area contributed by atoms with Crippen LogP contribution in [0.25, 0.3) is 0 Å². The second-order valence-electron chi connectivity index (χ2n) is 7.19. The molecule has 0 atom stereocenters. The summed E-state index contributed by atoms with van der Waals surface area (Å²) in [6, 6.07) is 12.4. The maximum atomic E-state index is 6.13.